The van der Waals surface area contributed by atoms with E-state index in [0.717, 1.165) is 10.0 Å². The Morgan fingerprint density at radius 1 is 1.47 bits per heavy atom. The monoisotopic (exact) mass is 292 g/mol. The molecule has 1 atom stereocenters. The van der Waals surface area contributed by atoms with E-state index in [1.807, 2.05) is 19.9 Å². The molecule has 15 heavy (non-hydrogen) atoms. The average Bonchev–Trinajstić information content (AvgIpc) is 2.18. The van der Waals surface area contributed by atoms with Gasteiger partial charge in [0.05, 0.1) is 12.7 Å². The van der Waals surface area contributed by atoms with Gasteiger partial charge < -0.3 is 9.84 Å². The molecule has 0 heterocycles. The van der Waals surface area contributed by atoms with Gasteiger partial charge >= 0.3 is 0 Å². The molecule has 0 saturated heterocycles. The lowest BCUT2D eigenvalue weighted by Crippen LogP contribution is -2.12. The molecule has 0 fully saturated rings. The van der Waals surface area contributed by atoms with E-state index in [1.54, 1.807) is 12.1 Å². The third kappa shape index (κ3) is 4.11. The number of rotatable bonds is 4. The fourth-order valence-electron chi connectivity index (χ4n) is 1.14. The minimum Gasteiger partial charge on any atom is -0.386 e. The summed E-state index contributed by atoms with van der Waals surface area (Å²) in [5.41, 5.74) is 0.753. The van der Waals surface area contributed by atoms with Crippen molar-refractivity contribution < 1.29 is 9.84 Å². The Bertz CT molecular complexity index is 328. The standard InChI is InChI=1S/C11H14BrClO2/c1-7(2)15-6-11(14)9-5-8(13)3-4-10(9)12/h3-5,7,11,14H,6H2,1-2H3. The lowest BCUT2D eigenvalue weighted by atomic mass is 10.1. The molecule has 0 aliphatic heterocycles. The van der Waals surface area contributed by atoms with Gasteiger partial charge in [-0.05, 0) is 37.6 Å². The van der Waals surface area contributed by atoms with Crippen LogP contribution < -0.4 is 0 Å². The first-order valence-corrected chi connectivity index (χ1v) is 5.92. The van der Waals surface area contributed by atoms with Gasteiger partial charge in [0.1, 0.15) is 6.10 Å². The molecule has 0 aliphatic carbocycles. The zero-order valence-electron chi connectivity index (χ0n) is 8.71. The maximum Gasteiger partial charge on any atom is 0.103 e. The number of halogens is 2. The van der Waals surface area contributed by atoms with Crippen LogP contribution in [-0.4, -0.2) is 17.8 Å². The lowest BCUT2D eigenvalue weighted by molar-refractivity contribution is 0.00466. The first kappa shape index (κ1) is 13.0. The van der Waals surface area contributed by atoms with Crippen molar-refractivity contribution >= 4 is 27.5 Å². The summed E-state index contributed by atoms with van der Waals surface area (Å²) in [5.74, 6) is 0. The van der Waals surface area contributed by atoms with Crippen molar-refractivity contribution in [1.29, 1.82) is 0 Å². The number of aliphatic hydroxyl groups is 1. The normalized spacial score (nSPS) is 13.2. The fourth-order valence-corrected chi connectivity index (χ4v) is 1.83. The molecule has 0 amide bonds. The highest BCUT2D eigenvalue weighted by molar-refractivity contribution is 9.10. The molecule has 1 aromatic carbocycles. The van der Waals surface area contributed by atoms with E-state index in [-0.39, 0.29) is 12.7 Å². The average molecular weight is 294 g/mol. The van der Waals surface area contributed by atoms with Gasteiger partial charge in [-0.1, -0.05) is 27.5 Å². The summed E-state index contributed by atoms with van der Waals surface area (Å²) in [7, 11) is 0. The van der Waals surface area contributed by atoms with Crippen LogP contribution in [0.5, 0.6) is 0 Å². The summed E-state index contributed by atoms with van der Waals surface area (Å²) in [6.07, 6.45) is -0.543. The van der Waals surface area contributed by atoms with E-state index in [9.17, 15) is 5.11 Å². The minimum absolute atomic E-state index is 0.109. The predicted molar refractivity (Wildman–Crippen MR) is 65.2 cm³/mol. The highest BCUT2D eigenvalue weighted by Crippen LogP contribution is 2.27. The molecule has 0 radical (unpaired) electrons. The second-order valence-electron chi connectivity index (χ2n) is 3.56. The molecule has 0 saturated carbocycles. The largest absolute Gasteiger partial charge is 0.386 e. The number of benzene rings is 1. The molecule has 1 aromatic rings. The summed E-state index contributed by atoms with van der Waals surface area (Å²) >= 11 is 9.21. The summed E-state index contributed by atoms with van der Waals surface area (Å²) in [6.45, 7) is 4.14. The van der Waals surface area contributed by atoms with Crippen LogP contribution in [0.1, 0.15) is 25.5 Å². The Morgan fingerprint density at radius 3 is 2.73 bits per heavy atom. The predicted octanol–water partition coefficient (Wildman–Crippen LogP) is 3.56. The van der Waals surface area contributed by atoms with Crippen LogP contribution in [0.4, 0.5) is 0 Å². The minimum atomic E-state index is -0.652. The molecule has 0 bridgehead atoms. The van der Waals surface area contributed by atoms with Crippen molar-refractivity contribution in [2.75, 3.05) is 6.61 Å². The summed E-state index contributed by atoms with van der Waals surface area (Å²) in [6, 6.07) is 5.32. The summed E-state index contributed by atoms with van der Waals surface area (Å²) in [5, 5.41) is 10.5. The van der Waals surface area contributed by atoms with Gasteiger partial charge in [-0.3, -0.25) is 0 Å². The molecule has 0 aromatic heterocycles. The maximum atomic E-state index is 9.86. The summed E-state index contributed by atoms with van der Waals surface area (Å²) in [4.78, 5) is 0. The fraction of sp³-hybridized carbons (Fsp3) is 0.455. The van der Waals surface area contributed by atoms with Crippen molar-refractivity contribution in [3.05, 3.63) is 33.3 Å². The highest BCUT2D eigenvalue weighted by Gasteiger charge is 2.12. The zero-order chi connectivity index (χ0) is 11.4. The molecule has 0 spiro atoms. The van der Waals surface area contributed by atoms with Gasteiger partial charge in [-0.25, -0.2) is 0 Å². The van der Waals surface area contributed by atoms with Crippen molar-refractivity contribution in [3.8, 4) is 0 Å². The van der Waals surface area contributed by atoms with E-state index >= 15 is 0 Å². The molecule has 1 unspecified atom stereocenters. The Balaban J connectivity index is 2.72. The van der Waals surface area contributed by atoms with E-state index < -0.39 is 6.10 Å². The zero-order valence-corrected chi connectivity index (χ0v) is 11.0. The second-order valence-corrected chi connectivity index (χ2v) is 4.85. The molecule has 0 aliphatic rings. The van der Waals surface area contributed by atoms with Crippen LogP contribution in [0.2, 0.25) is 5.02 Å². The molecule has 1 rings (SSSR count). The van der Waals surface area contributed by atoms with E-state index in [0.29, 0.717) is 5.02 Å². The van der Waals surface area contributed by atoms with Crippen LogP contribution in [0.15, 0.2) is 22.7 Å². The molecular weight excluding hydrogens is 279 g/mol. The van der Waals surface area contributed by atoms with Gasteiger partial charge in [0, 0.05) is 9.50 Å². The van der Waals surface area contributed by atoms with Crippen molar-refractivity contribution in [2.24, 2.45) is 0 Å². The van der Waals surface area contributed by atoms with Crippen molar-refractivity contribution in [1.82, 2.24) is 0 Å². The number of hydrogen-bond donors (Lipinski definition) is 1. The Labute approximate surface area is 103 Å². The Kier molecular flexibility index (Phi) is 5.06. The van der Waals surface area contributed by atoms with Crippen LogP contribution >= 0.6 is 27.5 Å². The van der Waals surface area contributed by atoms with E-state index in [4.69, 9.17) is 16.3 Å². The number of aliphatic hydroxyl groups excluding tert-OH is 1. The Morgan fingerprint density at radius 2 is 2.13 bits per heavy atom. The van der Waals surface area contributed by atoms with Gasteiger partial charge in [-0.15, -0.1) is 0 Å². The van der Waals surface area contributed by atoms with Crippen molar-refractivity contribution in [2.45, 2.75) is 26.1 Å². The molecule has 4 heteroatoms. The van der Waals surface area contributed by atoms with Gasteiger partial charge in [0.15, 0.2) is 0 Å². The van der Waals surface area contributed by atoms with Crippen LogP contribution in [0, 0.1) is 0 Å². The third-order valence-corrected chi connectivity index (χ3v) is 2.86. The van der Waals surface area contributed by atoms with Gasteiger partial charge in [-0.2, -0.15) is 0 Å². The van der Waals surface area contributed by atoms with Crippen molar-refractivity contribution in [3.63, 3.8) is 0 Å². The van der Waals surface area contributed by atoms with E-state index in [1.165, 1.54) is 0 Å². The van der Waals surface area contributed by atoms with Crippen LogP contribution in [0.3, 0.4) is 0 Å². The SMILES string of the molecule is CC(C)OCC(O)c1cc(Cl)ccc1Br. The Hall–Kier alpha value is -0.0900. The topological polar surface area (TPSA) is 29.5 Å². The molecular formula is C11H14BrClO2. The number of hydrogen-bond acceptors (Lipinski definition) is 2. The first-order chi connectivity index (χ1) is 7.00. The van der Waals surface area contributed by atoms with Gasteiger partial charge in [0.2, 0.25) is 0 Å². The first-order valence-electron chi connectivity index (χ1n) is 4.75. The lowest BCUT2D eigenvalue weighted by Gasteiger charge is -2.15. The molecule has 84 valence electrons. The van der Waals surface area contributed by atoms with E-state index in [2.05, 4.69) is 15.9 Å². The van der Waals surface area contributed by atoms with Crippen LogP contribution in [0.25, 0.3) is 0 Å². The number of ether oxygens (including phenoxy) is 1. The van der Waals surface area contributed by atoms with Crippen LogP contribution in [-0.2, 0) is 4.74 Å². The smallest absolute Gasteiger partial charge is 0.103 e. The summed E-state index contributed by atoms with van der Waals surface area (Å²) < 4.78 is 6.18. The highest BCUT2D eigenvalue weighted by atomic mass is 79.9. The quantitative estimate of drug-likeness (QED) is 0.920. The molecule has 2 nitrogen and oxygen atoms in total. The maximum absolute atomic E-state index is 9.86. The third-order valence-electron chi connectivity index (χ3n) is 1.90. The molecule has 1 N–H and O–H groups in total. The second kappa shape index (κ2) is 5.85. The van der Waals surface area contributed by atoms with Gasteiger partial charge in [0.25, 0.3) is 0 Å².